The Labute approximate surface area is 117 Å². The average Bonchev–Trinajstić information content (AvgIpc) is 2.42. The summed E-state index contributed by atoms with van der Waals surface area (Å²) in [5.74, 6) is -0.0151. The molecule has 0 aliphatic heterocycles. The van der Waals surface area contributed by atoms with E-state index in [9.17, 15) is 4.79 Å². The van der Waals surface area contributed by atoms with Crippen LogP contribution in [0.4, 0.5) is 0 Å². The fraction of sp³-hybridized carbons (Fsp3) is 0.200. The third kappa shape index (κ3) is 4.07. The van der Waals surface area contributed by atoms with Gasteiger partial charge in [0.1, 0.15) is 0 Å². The monoisotopic (exact) mass is 274 g/mol. The number of nitrogens with one attached hydrogen (secondary N) is 1. The van der Waals surface area contributed by atoms with E-state index < -0.39 is 0 Å². The minimum Gasteiger partial charge on any atom is -0.349 e. The van der Waals surface area contributed by atoms with Crippen LogP contribution in [0.3, 0.4) is 0 Å². The van der Waals surface area contributed by atoms with Crippen LogP contribution in [-0.4, -0.2) is 10.9 Å². The molecule has 0 aliphatic rings. The molecule has 2 aromatic rings. The lowest BCUT2D eigenvalue weighted by Crippen LogP contribution is -2.28. The average molecular weight is 275 g/mol. The van der Waals surface area contributed by atoms with Crippen molar-refractivity contribution < 1.29 is 4.79 Å². The van der Waals surface area contributed by atoms with Crippen molar-refractivity contribution in [3.05, 3.63) is 64.9 Å². The minimum atomic E-state index is -0.0477. The maximum absolute atomic E-state index is 11.9. The molecule has 0 saturated carbocycles. The molecule has 1 aromatic heterocycles. The van der Waals surface area contributed by atoms with Crippen molar-refractivity contribution in [3.8, 4) is 0 Å². The first-order valence-corrected chi connectivity index (χ1v) is 6.46. The van der Waals surface area contributed by atoms with Gasteiger partial charge in [-0.15, -0.1) is 0 Å². The number of amides is 1. The smallest absolute Gasteiger partial charge is 0.224 e. The first-order valence-electron chi connectivity index (χ1n) is 6.09. The quantitative estimate of drug-likeness (QED) is 0.931. The number of hydrogen-bond donors (Lipinski definition) is 1. The van der Waals surface area contributed by atoms with Gasteiger partial charge in [0.25, 0.3) is 0 Å². The van der Waals surface area contributed by atoms with E-state index in [4.69, 9.17) is 11.6 Å². The molecule has 0 saturated heterocycles. The molecule has 1 amide bonds. The summed E-state index contributed by atoms with van der Waals surface area (Å²) in [5, 5.41) is 3.62. The third-order valence-electron chi connectivity index (χ3n) is 2.84. The van der Waals surface area contributed by atoms with E-state index in [1.54, 1.807) is 24.5 Å². The van der Waals surface area contributed by atoms with Crippen molar-refractivity contribution >= 4 is 17.5 Å². The summed E-state index contributed by atoms with van der Waals surface area (Å²) in [7, 11) is 0. The highest BCUT2D eigenvalue weighted by molar-refractivity contribution is 6.30. The Kier molecular flexibility index (Phi) is 4.53. The summed E-state index contributed by atoms with van der Waals surface area (Å²) in [4.78, 5) is 16.0. The van der Waals surface area contributed by atoms with Gasteiger partial charge in [-0.05, 0) is 36.2 Å². The summed E-state index contributed by atoms with van der Waals surface area (Å²) in [6, 6.07) is 11.0. The lowest BCUT2D eigenvalue weighted by molar-refractivity contribution is -0.121. The number of carbonyl (C=O) groups excluding carboxylic acids is 1. The molecular formula is C15H15ClN2O. The Morgan fingerprint density at radius 2 is 2.05 bits per heavy atom. The van der Waals surface area contributed by atoms with Crippen molar-refractivity contribution in [1.82, 2.24) is 10.3 Å². The molecule has 2 rings (SSSR count). The molecule has 0 aliphatic carbocycles. The Balaban J connectivity index is 1.93. The maximum Gasteiger partial charge on any atom is 0.224 e. The molecule has 1 aromatic carbocycles. The molecule has 1 unspecified atom stereocenters. The van der Waals surface area contributed by atoms with Crippen LogP contribution >= 0.6 is 11.6 Å². The fourth-order valence-electron chi connectivity index (χ4n) is 1.80. The van der Waals surface area contributed by atoms with Gasteiger partial charge < -0.3 is 5.32 Å². The minimum absolute atomic E-state index is 0.0151. The van der Waals surface area contributed by atoms with Crippen LogP contribution in [0.25, 0.3) is 0 Å². The van der Waals surface area contributed by atoms with Crippen LogP contribution in [0.2, 0.25) is 5.02 Å². The number of halogens is 1. The van der Waals surface area contributed by atoms with Gasteiger partial charge in [0, 0.05) is 17.4 Å². The number of carbonyl (C=O) groups is 1. The highest BCUT2D eigenvalue weighted by atomic mass is 35.5. The van der Waals surface area contributed by atoms with E-state index in [1.807, 2.05) is 31.2 Å². The number of hydrogen-bond acceptors (Lipinski definition) is 2. The number of aromatic nitrogens is 1. The van der Waals surface area contributed by atoms with Gasteiger partial charge in [-0.25, -0.2) is 0 Å². The number of nitrogens with zero attached hydrogens (tertiary/aromatic N) is 1. The van der Waals surface area contributed by atoms with Crippen molar-refractivity contribution in [3.63, 3.8) is 0 Å². The third-order valence-corrected chi connectivity index (χ3v) is 3.09. The number of pyridine rings is 1. The van der Waals surface area contributed by atoms with Gasteiger partial charge in [-0.2, -0.15) is 0 Å². The van der Waals surface area contributed by atoms with Crippen molar-refractivity contribution in [2.75, 3.05) is 0 Å². The van der Waals surface area contributed by atoms with E-state index in [0.29, 0.717) is 11.4 Å². The summed E-state index contributed by atoms with van der Waals surface area (Å²) in [6.07, 6.45) is 3.82. The zero-order valence-electron chi connectivity index (χ0n) is 10.6. The zero-order chi connectivity index (χ0) is 13.7. The second-order valence-corrected chi connectivity index (χ2v) is 4.82. The molecule has 98 valence electrons. The van der Waals surface area contributed by atoms with Crippen molar-refractivity contribution in [1.29, 1.82) is 0 Å². The predicted octanol–water partition coefficient (Wildman–Crippen LogP) is 3.15. The summed E-state index contributed by atoms with van der Waals surface area (Å²) >= 11 is 5.81. The van der Waals surface area contributed by atoms with E-state index in [1.165, 1.54) is 0 Å². The SMILES string of the molecule is CC(NC(=O)Cc1ccc(Cl)cc1)c1cccnc1. The second-order valence-electron chi connectivity index (χ2n) is 4.38. The Bertz CT molecular complexity index is 540. The molecule has 0 spiro atoms. The highest BCUT2D eigenvalue weighted by Gasteiger charge is 2.09. The van der Waals surface area contributed by atoms with Crippen LogP contribution < -0.4 is 5.32 Å². The summed E-state index contributed by atoms with van der Waals surface area (Å²) < 4.78 is 0. The highest BCUT2D eigenvalue weighted by Crippen LogP contribution is 2.12. The lowest BCUT2D eigenvalue weighted by atomic mass is 10.1. The molecule has 1 atom stereocenters. The second kappa shape index (κ2) is 6.34. The van der Waals surface area contributed by atoms with Crippen LogP contribution in [-0.2, 0) is 11.2 Å². The molecular weight excluding hydrogens is 260 g/mol. The van der Waals surface area contributed by atoms with E-state index in [0.717, 1.165) is 11.1 Å². The Morgan fingerprint density at radius 1 is 1.32 bits per heavy atom. The van der Waals surface area contributed by atoms with Crippen molar-refractivity contribution in [2.45, 2.75) is 19.4 Å². The van der Waals surface area contributed by atoms with Crippen LogP contribution in [0.5, 0.6) is 0 Å². The Hall–Kier alpha value is -1.87. The predicted molar refractivity (Wildman–Crippen MR) is 76.0 cm³/mol. The lowest BCUT2D eigenvalue weighted by Gasteiger charge is -2.13. The van der Waals surface area contributed by atoms with E-state index in [2.05, 4.69) is 10.3 Å². The molecule has 0 fully saturated rings. The summed E-state index contributed by atoms with van der Waals surface area (Å²) in [6.45, 7) is 1.94. The molecule has 1 heterocycles. The van der Waals surface area contributed by atoms with E-state index in [-0.39, 0.29) is 11.9 Å². The zero-order valence-corrected chi connectivity index (χ0v) is 11.4. The van der Waals surface area contributed by atoms with Gasteiger partial charge >= 0.3 is 0 Å². The summed E-state index contributed by atoms with van der Waals surface area (Å²) in [5.41, 5.74) is 1.94. The van der Waals surface area contributed by atoms with Gasteiger partial charge in [-0.1, -0.05) is 29.8 Å². The molecule has 3 nitrogen and oxygen atoms in total. The first kappa shape index (κ1) is 13.6. The molecule has 0 radical (unpaired) electrons. The van der Waals surface area contributed by atoms with Gasteiger partial charge in [-0.3, -0.25) is 9.78 Å². The standard InChI is InChI=1S/C15H15ClN2O/c1-11(13-3-2-8-17-10-13)18-15(19)9-12-4-6-14(16)7-5-12/h2-8,10-11H,9H2,1H3,(H,18,19). The van der Waals surface area contributed by atoms with E-state index >= 15 is 0 Å². The number of benzene rings is 1. The maximum atomic E-state index is 11.9. The topological polar surface area (TPSA) is 42.0 Å². The number of rotatable bonds is 4. The van der Waals surface area contributed by atoms with Gasteiger partial charge in [0.15, 0.2) is 0 Å². The molecule has 19 heavy (non-hydrogen) atoms. The van der Waals surface area contributed by atoms with Crippen molar-refractivity contribution in [2.24, 2.45) is 0 Å². The van der Waals surface area contributed by atoms with Gasteiger partial charge in [0.05, 0.1) is 12.5 Å². The van der Waals surface area contributed by atoms with Crippen LogP contribution in [0.15, 0.2) is 48.8 Å². The normalized spacial score (nSPS) is 11.9. The molecule has 0 bridgehead atoms. The Morgan fingerprint density at radius 3 is 2.68 bits per heavy atom. The van der Waals surface area contributed by atoms with Crippen LogP contribution in [0, 0.1) is 0 Å². The van der Waals surface area contributed by atoms with Gasteiger partial charge in [0.2, 0.25) is 5.91 Å². The van der Waals surface area contributed by atoms with Crippen LogP contribution in [0.1, 0.15) is 24.1 Å². The first-order chi connectivity index (χ1) is 9.15. The largest absolute Gasteiger partial charge is 0.349 e. The molecule has 4 heteroatoms. The fourth-order valence-corrected chi connectivity index (χ4v) is 1.92. The molecule has 1 N–H and O–H groups in total.